The van der Waals surface area contributed by atoms with Crippen LogP contribution in [0.2, 0.25) is 0 Å². The zero-order valence-electron chi connectivity index (χ0n) is 16.7. The van der Waals surface area contributed by atoms with Gasteiger partial charge in [0.25, 0.3) is 0 Å². The molecule has 0 amide bonds. The maximum Gasteiger partial charge on any atom is 0.333 e. The average molecular weight is 384 g/mol. The van der Waals surface area contributed by atoms with E-state index in [1.54, 1.807) is 13.0 Å². The third-order valence-electron chi connectivity index (χ3n) is 4.52. The molecule has 0 spiro atoms. The minimum Gasteiger partial charge on any atom is -0.462 e. The van der Waals surface area contributed by atoms with Crippen LogP contribution in [0.3, 0.4) is 0 Å². The molecule has 0 aliphatic heterocycles. The summed E-state index contributed by atoms with van der Waals surface area (Å²) in [5, 5.41) is 6.50. The minimum absolute atomic E-state index is 0.0257. The van der Waals surface area contributed by atoms with Gasteiger partial charge < -0.3 is 14.7 Å². The third-order valence-corrected chi connectivity index (χ3v) is 4.52. The van der Waals surface area contributed by atoms with E-state index in [1.807, 2.05) is 0 Å². The number of nitrogens with zero attached hydrogens (tertiary/aromatic N) is 1. The first-order valence-corrected chi connectivity index (χ1v) is 8.88. The number of hydrogen-bond donors (Lipinski definition) is 2. The molecule has 2 atom stereocenters. The zero-order valence-corrected chi connectivity index (χ0v) is 16.7. The summed E-state index contributed by atoms with van der Waals surface area (Å²) in [7, 11) is 0. The molecule has 0 aromatic rings. The van der Waals surface area contributed by atoms with Crippen LogP contribution in [0.4, 0.5) is 0 Å². The van der Waals surface area contributed by atoms with Crippen molar-refractivity contribution < 1.29 is 29.1 Å². The number of carbonyl (C=O) groups excluding carboxylic acids is 3. The molecule has 1 rings (SSSR count). The van der Waals surface area contributed by atoms with Gasteiger partial charge in [-0.25, -0.2) is 20.5 Å². The molecule has 1 aliphatic carbocycles. The van der Waals surface area contributed by atoms with E-state index in [4.69, 9.17) is 14.7 Å². The number of hydrogen-bond acceptors (Lipinski definition) is 8. The molecular weight excluding hydrogens is 352 g/mol. The van der Waals surface area contributed by atoms with Crippen molar-refractivity contribution in [2.45, 2.75) is 65.8 Å². The summed E-state index contributed by atoms with van der Waals surface area (Å²) in [5.41, 5.74) is 0.309. The summed E-state index contributed by atoms with van der Waals surface area (Å²) in [6, 6.07) is -0.0381. The zero-order chi connectivity index (χ0) is 21.1. The second-order valence-corrected chi connectivity index (χ2v) is 8.07. The van der Waals surface area contributed by atoms with Crippen LogP contribution in [0, 0.1) is 10.8 Å². The smallest absolute Gasteiger partial charge is 0.333 e. The average Bonchev–Trinajstić information content (AvgIpc) is 2.57. The fourth-order valence-corrected chi connectivity index (χ4v) is 3.82. The van der Waals surface area contributed by atoms with Gasteiger partial charge in [-0.1, -0.05) is 27.4 Å². The van der Waals surface area contributed by atoms with Crippen molar-refractivity contribution in [3.05, 3.63) is 12.2 Å². The van der Waals surface area contributed by atoms with Gasteiger partial charge in [-0.15, -0.1) is 0 Å². The first-order valence-electron chi connectivity index (χ1n) is 8.88. The number of nitrogens with two attached hydrogens (primary N) is 1. The van der Waals surface area contributed by atoms with Crippen molar-refractivity contribution in [1.82, 2.24) is 0 Å². The predicted octanol–water partition coefficient (Wildman–Crippen LogP) is 2.68. The van der Waals surface area contributed by atoms with E-state index >= 15 is 0 Å². The van der Waals surface area contributed by atoms with E-state index in [2.05, 4.69) is 38.2 Å². The van der Waals surface area contributed by atoms with Crippen LogP contribution in [0.5, 0.6) is 0 Å². The van der Waals surface area contributed by atoms with E-state index in [9.17, 15) is 14.4 Å². The van der Waals surface area contributed by atoms with Crippen molar-refractivity contribution in [2.24, 2.45) is 21.7 Å². The molecule has 0 heterocycles. The third kappa shape index (κ3) is 10.0. The summed E-state index contributed by atoms with van der Waals surface area (Å²) < 4.78 is 9.97. The fraction of sp³-hybridized carbons (Fsp3) is 0.737. The molecule has 8 heteroatoms. The summed E-state index contributed by atoms with van der Waals surface area (Å²) >= 11 is 0. The second kappa shape index (κ2) is 11.6. The molecule has 8 nitrogen and oxygen atoms in total. The van der Waals surface area contributed by atoms with Gasteiger partial charge in [-0.3, -0.25) is 4.79 Å². The highest BCUT2D eigenvalue weighted by atomic mass is 16.6. The highest BCUT2D eigenvalue weighted by Gasteiger charge is 2.41. The molecule has 0 saturated heterocycles. The van der Waals surface area contributed by atoms with E-state index in [0.29, 0.717) is 18.4 Å². The second-order valence-electron chi connectivity index (χ2n) is 8.07. The largest absolute Gasteiger partial charge is 0.462 e. The van der Waals surface area contributed by atoms with Gasteiger partial charge in [0.1, 0.15) is 13.2 Å². The molecule has 0 radical (unpaired) electrons. The minimum atomic E-state index is -0.491. The van der Waals surface area contributed by atoms with Crippen LogP contribution < -0.4 is 5.90 Å². The fourth-order valence-electron chi connectivity index (χ4n) is 3.82. The Kier molecular flexibility index (Phi) is 10.8. The molecular formula is C19H32N2O6. The van der Waals surface area contributed by atoms with Crippen molar-refractivity contribution in [3.63, 3.8) is 0 Å². The number of isocyanates is 1. The van der Waals surface area contributed by atoms with Gasteiger partial charge in [0, 0.05) is 12.0 Å². The lowest BCUT2D eigenvalue weighted by molar-refractivity contribution is -0.150. The number of ether oxygens (including phenoxy) is 2. The van der Waals surface area contributed by atoms with Gasteiger partial charge in [0.15, 0.2) is 0 Å². The van der Waals surface area contributed by atoms with E-state index in [0.717, 1.165) is 19.3 Å². The molecule has 2 unspecified atom stereocenters. The lowest BCUT2D eigenvalue weighted by atomic mass is 9.61. The standard InChI is InChI=1S/C19H29NO5.H3NO/c1-14(2)17(23)25-9-8-24-16(22)6-7-19(5)11-15(20-13-21)10-18(3,4)12-19;1-2/h15H,1,6-12H2,2-5H3;2H,1H2. The van der Waals surface area contributed by atoms with Gasteiger partial charge >= 0.3 is 11.9 Å². The van der Waals surface area contributed by atoms with Crippen LogP contribution in [0.15, 0.2) is 17.1 Å². The maximum absolute atomic E-state index is 11.9. The maximum atomic E-state index is 11.9. The van der Waals surface area contributed by atoms with Crippen LogP contribution in [0.1, 0.15) is 59.8 Å². The molecule has 27 heavy (non-hydrogen) atoms. The highest BCUT2D eigenvalue weighted by molar-refractivity contribution is 5.86. The number of carbonyl (C=O) groups is 2. The van der Waals surface area contributed by atoms with Crippen LogP contribution in [-0.4, -0.2) is 42.5 Å². The molecule has 0 bridgehead atoms. The molecule has 3 N–H and O–H groups in total. The van der Waals surface area contributed by atoms with E-state index < -0.39 is 5.97 Å². The summed E-state index contributed by atoms with van der Waals surface area (Å²) in [6.45, 7) is 11.5. The summed E-state index contributed by atoms with van der Waals surface area (Å²) in [6.07, 6.45) is 5.22. The van der Waals surface area contributed by atoms with Gasteiger partial charge in [-0.2, -0.15) is 0 Å². The normalized spacial score (nSPS) is 23.1. The first kappa shape index (κ1) is 25.0. The van der Waals surface area contributed by atoms with Crippen molar-refractivity contribution in [3.8, 4) is 0 Å². The van der Waals surface area contributed by atoms with Crippen molar-refractivity contribution in [1.29, 1.82) is 0 Å². The number of aliphatic imine (C=N–C) groups is 1. The lowest BCUT2D eigenvalue weighted by Gasteiger charge is -2.45. The Bertz CT molecular complexity index is 569. The Morgan fingerprint density at radius 2 is 1.81 bits per heavy atom. The van der Waals surface area contributed by atoms with Crippen LogP contribution in [0.25, 0.3) is 0 Å². The monoisotopic (exact) mass is 384 g/mol. The lowest BCUT2D eigenvalue weighted by Crippen LogP contribution is -2.38. The van der Waals surface area contributed by atoms with E-state index in [-0.39, 0.29) is 36.1 Å². The van der Waals surface area contributed by atoms with Crippen LogP contribution >= 0.6 is 0 Å². The Morgan fingerprint density at radius 1 is 1.22 bits per heavy atom. The summed E-state index contributed by atoms with van der Waals surface area (Å²) in [4.78, 5) is 37.6. The Labute approximate surface area is 160 Å². The Hall–Kier alpha value is -2.02. The van der Waals surface area contributed by atoms with Gasteiger partial charge in [-0.05, 0) is 43.4 Å². The molecule has 1 aliphatic rings. The van der Waals surface area contributed by atoms with E-state index in [1.165, 1.54) is 0 Å². The van der Waals surface area contributed by atoms with Crippen LogP contribution in [-0.2, 0) is 23.9 Å². The van der Waals surface area contributed by atoms with Gasteiger partial charge in [0.05, 0.1) is 6.04 Å². The first-order chi connectivity index (χ1) is 12.6. The Balaban J connectivity index is 0.00000326. The molecule has 1 saturated carbocycles. The molecule has 1 fully saturated rings. The van der Waals surface area contributed by atoms with Crippen molar-refractivity contribution in [2.75, 3.05) is 13.2 Å². The molecule has 0 aromatic heterocycles. The van der Waals surface area contributed by atoms with Crippen molar-refractivity contribution >= 4 is 18.0 Å². The quantitative estimate of drug-likeness (QED) is 0.164. The predicted molar refractivity (Wildman–Crippen MR) is 99.6 cm³/mol. The number of rotatable bonds is 8. The summed E-state index contributed by atoms with van der Waals surface area (Å²) in [5.74, 6) is 2.70. The molecule has 154 valence electrons. The number of esters is 2. The highest BCUT2D eigenvalue weighted by Crippen LogP contribution is 2.49. The SMILES string of the molecule is C=C(C)C(=O)OCCOC(=O)CCC1(C)CC(N=C=O)CC(C)(C)C1.NO. The molecule has 0 aromatic carbocycles. The van der Waals surface area contributed by atoms with Gasteiger partial charge in [0.2, 0.25) is 6.08 Å². The Morgan fingerprint density at radius 3 is 2.37 bits per heavy atom. The topological polar surface area (TPSA) is 128 Å².